The zero-order valence-corrected chi connectivity index (χ0v) is 18.3. The van der Waals surface area contributed by atoms with Gasteiger partial charge in [0.2, 0.25) is 0 Å². The molecule has 0 saturated carbocycles. The molecule has 2 amide bonds. The molecule has 4 nitrogen and oxygen atoms in total. The van der Waals surface area contributed by atoms with Crippen LogP contribution in [0, 0.1) is 13.8 Å². The van der Waals surface area contributed by atoms with Crippen molar-refractivity contribution in [3.8, 4) is 0 Å². The number of nitrogens with one attached hydrogen (secondary N) is 2. The Hall–Kier alpha value is -3.24. The van der Waals surface area contributed by atoms with Crippen LogP contribution in [0.3, 0.4) is 0 Å². The van der Waals surface area contributed by atoms with E-state index in [1.807, 2.05) is 30.0 Å². The Morgan fingerprint density at radius 3 is 2.65 bits per heavy atom. The summed E-state index contributed by atoms with van der Waals surface area (Å²) in [5.74, 6) is 0. The molecule has 2 N–H and O–H groups in total. The summed E-state index contributed by atoms with van der Waals surface area (Å²) in [6.45, 7) is 4.68. The first-order valence-electron chi connectivity index (χ1n) is 10.5. The molecule has 31 heavy (non-hydrogen) atoms. The van der Waals surface area contributed by atoms with E-state index < -0.39 is 0 Å². The predicted octanol–water partition coefficient (Wildman–Crippen LogP) is 6.62. The number of fused-ring (bicyclic) bond motifs is 3. The van der Waals surface area contributed by atoms with E-state index in [1.165, 1.54) is 16.5 Å². The molecule has 0 spiro atoms. The average molecular weight is 430 g/mol. The highest BCUT2D eigenvalue weighted by molar-refractivity contribution is 6.31. The van der Waals surface area contributed by atoms with E-state index in [4.69, 9.17) is 11.6 Å². The van der Waals surface area contributed by atoms with E-state index in [1.54, 1.807) is 6.07 Å². The van der Waals surface area contributed by atoms with Crippen molar-refractivity contribution >= 4 is 34.2 Å². The standard InChI is InChI=1S/C26H24ClN3O/c1-16-7-10-18(11-8-16)25-24-21(20-5-3-4-6-22(20)28-24)13-14-30(25)26(31)29-23-15-19(27)12-9-17(23)2/h3-12,15,25,28H,13-14H2,1-2H3,(H,29,31)/t25-/m1/s1. The van der Waals surface area contributed by atoms with Crippen LogP contribution >= 0.6 is 11.6 Å². The number of carbonyl (C=O) groups excluding carboxylic acids is 1. The van der Waals surface area contributed by atoms with Gasteiger partial charge in [0.1, 0.15) is 0 Å². The first kappa shape index (κ1) is 19.7. The number of aromatic amines is 1. The maximum absolute atomic E-state index is 13.5. The largest absolute Gasteiger partial charge is 0.356 e. The average Bonchev–Trinajstić information content (AvgIpc) is 3.15. The SMILES string of the molecule is Cc1ccc([C@@H]2c3[nH]c4ccccc4c3CCN2C(=O)Nc2cc(Cl)ccc2C)cc1. The summed E-state index contributed by atoms with van der Waals surface area (Å²) < 4.78 is 0. The van der Waals surface area contributed by atoms with E-state index in [9.17, 15) is 4.79 Å². The van der Waals surface area contributed by atoms with Crippen molar-refractivity contribution in [2.75, 3.05) is 11.9 Å². The zero-order valence-electron chi connectivity index (χ0n) is 17.6. The van der Waals surface area contributed by atoms with Gasteiger partial charge in [0.05, 0.1) is 6.04 Å². The van der Waals surface area contributed by atoms with Crippen molar-refractivity contribution in [3.05, 3.63) is 99.7 Å². The predicted molar refractivity (Wildman–Crippen MR) is 127 cm³/mol. The molecule has 1 aliphatic rings. The third-order valence-corrected chi connectivity index (χ3v) is 6.36. The Kier molecular flexibility index (Phi) is 4.95. The fourth-order valence-corrected chi connectivity index (χ4v) is 4.64. The summed E-state index contributed by atoms with van der Waals surface area (Å²) in [6.07, 6.45) is 0.809. The van der Waals surface area contributed by atoms with Crippen LogP contribution in [0.4, 0.5) is 10.5 Å². The van der Waals surface area contributed by atoms with Crippen LogP contribution in [0.25, 0.3) is 10.9 Å². The number of halogens is 1. The van der Waals surface area contributed by atoms with Crippen molar-refractivity contribution in [3.63, 3.8) is 0 Å². The summed E-state index contributed by atoms with van der Waals surface area (Å²) in [4.78, 5) is 19.0. The van der Waals surface area contributed by atoms with Crippen LogP contribution in [-0.4, -0.2) is 22.5 Å². The Bertz CT molecular complexity index is 1280. The van der Waals surface area contributed by atoms with Gasteiger partial charge in [-0.05, 0) is 55.2 Å². The van der Waals surface area contributed by atoms with E-state index in [-0.39, 0.29) is 12.1 Å². The molecule has 0 unspecified atom stereocenters. The lowest BCUT2D eigenvalue weighted by Gasteiger charge is -2.36. The van der Waals surface area contributed by atoms with Gasteiger partial charge in [0, 0.05) is 33.9 Å². The third kappa shape index (κ3) is 3.57. The quantitative estimate of drug-likeness (QED) is 0.369. The fourth-order valence-electron chi connectivity index (χ4n) is 4.47. The number of amides is 2. The minimum absolute atomic E-state index is 0.125. The van der Waals surface area contributed by atoms with Crippen molar-refractivity contribution in [2.45, 2.75) is 26.3 Å². The molecule has 156 valence electrons. The van der Waals surface area contributed by atoms with Crippen molar-refractivity contribution < 1.29 is 4.79 Å². The summed E-state index contributed by atoms with van der Waals surface area (Å²) in [6, 6.07) is 22.0. The molecule has 0 bridgehead atoms. The van der Waals surface area contributed by atoms with Gasteiger partial charge in [0.15, 0.2) is 0 Å². The van der Waals surface area contributed by atoms with Crippen molar-refractivity contribution in [1.29, 1.82) is 0 Å². The number of rotatable bonds is 2. The Morgan fingerprint density at radius 1 is 1.06 bits per heavy atom. The Morgan fingerprint density at radius 2 is 1.84 bits per heavy atom. The maximum Gasteiger partial charge on any atom is 0.322 e. The van der Waals surface area contributed by atoms with Gasteiger partial charge < -0.3 is 15.2 Å². The number of H-pyrrole nitrogens is 1. The number of aryl methyl sites for hydroxylation is 2. The number of urea groups is 1. The highest BCUT2D eigenvalue weighted by atomic mass is 35.5. The lowest BCUT2D eigenvalue weighted by molar-refractivity contribution is 0.193. The first-order valence-corrected chi connectivity index (χ1v) is 10.9. The molecule has 0 fully saturated rings. The number of nitrogens with zero attached hydrogens (tertiary/aromatic N) is 1. The molecule has 3 aromatic carbocycles. The number of carbonyl (C=O) groups is 1. The molecule has 0 radical (unpaired) electrons. The smallest absolute Gasteiger partial charge is 0.322 e. The molecule has 1 aromatic heterocycles. The van der Waals surface area contributed by atoms with Crippen LogP contribution < -0.4 is 5.32 Å². The second-order valence-electron chi connectivity index (χ2n) is 8.21. The van der Waals surface area contributed by atoms with Gasteiger partial charge in [-0.15, -0.1) is 0 Å². The molecule has 0 saturated heterocycles. The minimum Gasteiger partial charge on any atom is -0.356 e. The van der Waals surface area contributed by atoms with E-state index >= 15 is 0 Å². The van der Waals surface area contributed by atoms with Crippen LogP contribution in [0.5, 0.6) is 0 Å². The van der Waals surface area contributed by atoms with Crippen LogP contribution in [-0.2, 0) is 6.42 Å². The highest BCUT2D eigenvalue weighted by Gasteiger charge is 2.34. The normalized spacial score (nSPS) is 15.7. The monoisotopic (exact) mass is 429 g/mol. The van der Waals surface area contributed by atoms with E-state index in [0.29, 0.717) is 11.6 Å². The molecule has 1 aliphatic heterocycles. The Labute approximate surface area is 186 Å². The molecule has 2 heterocycles. The summed E-state index contributed by atoms with van der Waals surface area (Å²) in [5, 5.41) is 4.93. The van der Waals surface area contributed by atoms with Gasteiger partial charge in [-0.25, -0.2) is 4.79 Å². The van der Waals surface area contributed by atoms with Crippen molar-refractivity contribution in [2.24, 2.45) is 0 Å². The molecule has 5 rings (SSSR count). The number of anilines is 1. The van der Waals surface area contributed by atoms with Crippen LogP contribution in [0.2, 0.25) is 5.02 Å². The molecular formula is C26H24ClN3O. The van der Waals surface area contributed by atoms with Gasteiger partial charge in [0.25, 0.3) is 0 Å². The lowest BCUT2D eigenvalue weighted by atomic mass is 9.92. The maximum atomic E-state index is 13.5. The molecule has 4 aromatic rings. The highest BCUT2D eigenvalue weighted by Crippen LogP contribution is 2.39. The number of aromatic nitrogens is 1. The number of hydrogen-bond acceptors (Lipinski definition) is 1. The van der Waals surface area contributed by atoms with Gasteiger partial charge in [-0.3, -0.25) is 0 Å². The van der Waals surface area contributed by atoms with Gasteiger partial charge in [-0.2, -0.15) is 0 Å². The Balaban J connectivity index is 1.58. The topological polar surface area (TPSA) is 48.1 Å². The van der Waals surface area contributed by atoms with E-state index in [0.717, 1.165) is 34.4 Å². The second-order valence-corrected chi connectivity index (χ2v) is 8.65. The number of para-hydroxylation sites is 1. The summed E-state index contributed by atoms with van der Waals surface area (Å²) in [7, 11) is 0. The lowest BCUT2D eigenvalue weighted by Crippen LogP contribution is -2.43. The molecule has 1 atom stereocenters. The first-order chi connectivity index (χ1) is 15.0. The molecule has 5 heteroatoms. The summed E-state index contributed by atoms with van der Waals surface area (Å²) >= 11 is 6.17. The van der Waals surface area contributed by atoms with Gasteiger partial charge >= 0.3 is 6.03 Å². The third-order valence-electron chi connectivity index (χ3n) is 6.13. The van der Waals surface area contributed by atoms with Gasteiger partial charge in [-0.1, -0.05) is 65.7 Å². The molecular weight excluding hydrogens is 406 g/mol. The number of hydrogen-bond donors (Lipinski definition) is 2. The molecule has 0 aliphatic carbocycles. The van der Waals surface area contributed by atoms with Crippen molar-refractivity contribution in [1.82, 2.24) is 9.88 Å². The number of benzene rings is 3. The summed E-state index contributed by atoms with van der Waals surface area (Å²) in [5.41, 5.74) is 7.50. The van der Waals surface area contributed by atoms with Crippen LogP contribution in [0.15, 0.2) is 66.7 Å². The van der Waals surface area contributed by atoms with E-state index in [2.05, 4.69) is 59.7 Å². The van der Waals surface area contributed by atoms with Crippen LogP contribution in [0.1, 0.15) is 34.0 Å². The second kappa shape index (κ2) is 7.78. The fraction of sp³-hybridized carbons (Fsp3) is 0.192. The minimum atomic E-state index is -0.184. The zero-order chi connectivity index (χ0) is 21.5.